The summed E-state index contributed by atoms with van der Waals surface area (Å²) in [4.78, 5) is 22.6. The summed E-state index contributed by atoms with van der Waals surface area (Å²) in [7, 11) is -4.29. The van der Waals surface area contributed by atoms with Gasteiger partial charge in [0.15, 0.2) is 0 Å². The van der Waals surface area contributed by atoms with E-state index in [4.69, 9.17) is 0 Å². The van der Waals surface area contributed by atoms with E-state index in [1.54, 1.807) is 0 Å². The van der Waals surface area contributed by atoms with E-state index in [0.29, 0.717) is 6.07 Å². The van der Waals surface area contributed by atoms with Gasteiger partial charge in [-0.1, -0.05) is 13.0 Å². The van der Waals surface area contributed by atoms with Crippen LogP contribution in [0.3, 0.4) is 0 Å². The van der Waals surface area contributed by atoms with E-state index in [2.05, 4.69) is 10.6 Å². The van der Waals surface area contributed by atoms with Gasteiger partial charge in [-0.15, -0.1) is 0 Å². The van der Waals surface area contributed by atoms with Crippen LogP contribution in [0.2, 0.25) is 0 Å². The summed E-state index contributed by atoms with van der Waals surface area (Å²) in [5.41, 5.74) is -1.11. The van der Waals surface area contributed by atoms with Gasteiger partial charge in [0, 0.05) is 19.0 Å². The number of benzene rings is 1. The molecule has 152 valence electrons. The lowest BCUT2D eigenvalue weighted by Crippen LogP contribution is -2.39. The first-order chi connectivity index (χ1) is 12.5. The first kappa shape index (κ1) is 22.9. The fraction of sp³-hybridized carbons (Fsp3) is 0.500. The highest BCUT2D eigenvalue weighted by atomic mass is 32.2. The van der Waals surface area contributed by atoms with Gasteiger partial charge >= 0.3 is 6.18 Å². The van der Waals surface area contributed by atoms with E-state index in [-0.39, 0.29) is 24.9 Å². The standard InChI is InChI=1S/C16H22F3N3O4S/c1-3-11(2)22-14(23)7-8-20-15(24)10-21-27(25,26)13-6-4-5-12(9-13)16(17,18)19/h4-6,9,11,21H,3,7-8,10H2,1-2H3,(H,20,24)(H,22,23). The molecule has 0 radical (unpaired) electrons. The second-order valence-corrected chi connectivity index (χ2v) is 7.59. The number of sulfonamides is 1. The molecule has 1 aromatic rings. The molecule has 0 aliphatic heterocycles. The summed E-state index contributed by atoms with van der Waals surface area (Å²) in [5, 5.41) is 5.06. The maximum absolute atomic E-state index is 12.7. The monoisotopic (exact) mass is 409 g/mol. The van der Waals surface area contributed by atoms with Gasteiger partial charge < -0.3 is 10.6 Å². The van der Waals surface area contributed by atoms with Crippen molar-refractivity contribution in [2.45, 2.75) is 43.8 Å². The third-order valence-corrected chi connectivity index (χ3v) is 4.99. The molecule has 0 aromatic heterocycles. The Bertz CT molecular complexity index is 766. The van der Waals surface area contributed by atoms with Crippen LogP contribution in [0.1, 0.15) is 32.3 Å². The van der Waals surface area contributed by atoms with Gasteiger partial charge in [-0.3, -0.25) is 9.59 Å². The van der Waals surface area contributed by atoms with Crippen molar-refractivity contribution in [1.82, 2.24) is 15.4 Å². The molecule has 7 nitrogen and oxygen atoms in total. The van der Waals surface area contributed by atoms with E-state index >= 15 is 0 Å². The minimum atomic E-state index is -4.68. The topological polar surface area (TPSA) is 104 Å². The van der Waals surface area contributed by atoms with Gasteiger partial charge in [0.05, 0.1) is 17.0 Å². The fourth-order valence-electron chi connectivity index (χ4n) is 1.91. The highest BCUT2D eigenvalue weighted by Crippen LogP contribution is 2.30. The van der Waals surface area contributed by atoms with Gasteiger partial charge in [-0.05, 0) is 31.5 Å². The largest absolute Gasteiger partial charge is 0.416 e. The van der Waals surface area contributed by atoms with E-state index in [9.17, 15) is 31.2 Å². The molecule has 27 heavy (non-hydrogen) atoms. The van der Waals surface area contributed by atoms with Gasteiger partial charge in [0.25, 0.3) is 0 Å². The van der Waals surface area contributed by atoms with Crippen LogP contribution >= 0.6 is 0 Å². The molecule has 0 spiro atoms. The van der Waals surface area contributed by atoms with Gasteiger partial charge in [0.2, 0.25) is 21.8 Å². The zero-order valence-electron chi connectivity index (χ0n) is 14.9. The summed E-state index contributed by atoms with van der Waals surface area (Å²) < 4.78 is 64.0. The number of halogens is 3. The highest BCUT2D eigenvalue weighted by Gasteiger charge is 2.31. The molecule has 1 aromatic carbocycles. The number of nitrogens with one attached hydrogen (secondary N) is 3. The van der Waals surface area contributed by atoms with Crippen LogP contribution in [0, 0.1) is 0 Å². The zero-order chi connectivity index (χ0) is 20.7. The van der Waals surface area contributed by atoms with Crippen molar-refractivity contribution in [2.24, 2.45) is 0 Å². The zero-order valence-corrected chi connectivity index (χ0v) is 15.7. The van der Waals surface area contributed by atoms with E-state index in [1.807, 2.05) is 18.6 Å². The maximum atomic E-state index is 12.7. The van der Waals surface area contributed by atoms with Crippen LogP contribution in [0.15, 0.2) is 29.2 Å². The second kappa shape index (κ2) is 9.70. The molecular weight excluding hydrogens is 387 g/mol. The van der Waals surface area contributed by atoms with Crippen molar-refractivity contribution in [2.75, 3.05) is 13.1 Å². The smallest absolute Gasteiger partial charge is 0.354 e. The first-order valence-corrected chi connectivity index (χ1v) is 9.67. The molecule has 0 aliphatic rings. The maximum Gasteiger partial charge on any atom is 0.416 e. The lowest BCUT2D eigenvalue weighted by atomic mass is 10.2. The molecule has 11 heteroatoms. The Labute approximate surface area is 155 Å². The predicted molar refractivity (Wildman–Crippen MR) is 92.2 cm³/mol. The number of alkyl halides is 3. The molecule has 0 fully saturated rings. The van der Waals surface area contributed by atoms with Gasteiger partial charge in [-0.25, -0.2) is 13.1 Å². The summed E-state index contributed by atoms with van der Waals surface area (Å²) in [6, 6.07) is 3.20. The molecule has 3 N–H and O–H groups in total. The van der Waals surface area contributed by atoms with Crippen LogP contribution in [-0.4, -0.2) is 39.4 Å². The highest BCUT2D eigenvalue weighted by molar-refractivity contribution is 7.89. The van der Waals surface area contributed by atoms with Crippen LogP contribution in [0.4, 0.5) is 13.2 Å². The van der Waals surface area contributed by atoms with Gasteiger partial charge in [0.1, 0.15) is 0 Å². The van der Waals surface area contributed by atoms with Crippen molar-refractivity contribution in [3.05, 3.63) is 29.8 Å². The Hall–Kier alpha value is -2.14. The van der Waals surface area contributed by atoms with Crippen molar-refractivity contribution in [1.29, 1.82) is 0 Å². The second-order valence-electron chi connectivity index (χ2n) is 5.83. The molecule has 0 saturated heterocycles. The molecule has 1 atom stereocenters. The Kier molecular flexibility index (Phi) is 8.22. The quantitative estimate of drug-likeness (QED) is 0.574. The number of hydrogen-bond acceptors (Lipinski definition) is 4. The Morgan fingerprint density at radius 2 is 1.85 bits per heavy atom. The summed E-state index contributed by atoms with van der Waals surface area (Å²) >= 11 is 0. The minimum Gasteiger partial charge on any atom is -0.354 e. The molecule has 0 bridgehead atoms. The number of amides is 2. The van der Waals surface area contributed by atoms with Crippen LogP contribution in [0.25, 0.3) is 0 Å². The number of carbonyl (C=O) groups excluding carboxylic acids is 2. The lowest BCUT2D eigenvalue weighted by Gasteiger charge is -2.12. The van der Waals surface area contributed by atoms with E-state index in [1.165, 1.54) is 0 Å². The summed E-state index contributed by atoms with van der Waals surface area (Å²) in [6.07, 6.45) is -3.90. The van der Waals surface area contributed by atoms with Gasteiger partial charge in [-0.2, -0.15) is 13.2 Å². The van der Waals surface area contributed by atoms with Crippen molar-refractivity contribution in [3.63, 3.8) is 0 Å². The Morgan fingerprint density at radius 1 is 1.19 bits per heavy atom. The predicted octanol–water partition coefficient (Wildman–Crippen LogP) is 1.40. The fourth-order valence-corrected chi connectivity index (χ4v) is 2.94. The molecule has 1 unspecified atom stereocenters. The van der Waals surface area contributed by atoms with Crippen molar-refractivity contribution >= 4 is 21.8 Å². The number of carbonyl (C=O) groups is 2. The number of rotatable bonds is 9. The Balaban J connectivity index is 2.52. The molecule has 0 heterocycles. The first-order valence-electron chi connectivity index (χ1n) is 8.18. The molecule has 1 rings (SSSR count). The van der Waals surface area contributed by atoms with E-state index < -0.39 is 39.1 Å². The van der Waals surface area contributed by atoms with Crippen molar-refractivity contribution in [3.8, 4) is 0 Å². The molecular formula is C16H22F3N3O4S. The molecule has 2 amide bonds. The summed E-state index contributed by atoms with van der Waals surface area (Å²) in [5.74, 6) is -0.962. The van der Waals surface area contributed by atoms with E-state index in [0.717, 1.165) is 24.6 Å². The molecule has 0 aliphatic carbocycles. The normalized spacial score (nSPS) is 13.1. The SMILES string of the molecule is CCC(C)NC(=O)CCNC(=O)CNS(=O)(=O)c1cccc(C(F)(F)F)c1. The third-order valence-electron chi connectivity index (χ3n) is 3.59. The average Bonchev–Trinajstić information content (AvgIpc) is 2.59. The number of hydrogen-bond donors (Lipinski definition) is 3. The van der Waals surface area contributed by atoms with Crippen LogP contribution in [0.5, 0.6) is 0 Å². The third kappa shape index (κ3) is 7.95. The minimum absolute atomic E-state index is 0.00634. The molecule has 0 saturated carbocycles. The van der Waals surface area contributed by atoms with Crippen LogP contribution in [-0.2, 0) is 25.8 Å². The Morgan fingerprint density at radius 3 is 2.44 bits per heavy atom. The summed E-state index contributed by atoms with van der Waals surface area (Å²) in [6.45, 7) is 3.08. The van der Waals surface area contributed by atoms with Crippen LogP contribution < -0.4 is 15.4 Å². The lowest BCUT2D eigenvalue weighted by molar-refractivity contribution is -0.137. The average molecular weight is 409 g/mol. The van der Waals surface area contributed by atoms with Crippen molar-refractivity contribution < 1.29 is 31.2 Å².